The van der Waals surface area contributed by atoms with Crippen LogP contribution in [0.3, 0.4) is 0 Å². The summed E-state index contributed by atoms with van der Waals surface area (Å²) in [6.07, 6.45) is 0. The Bertz CT molecular complexity index is 735. The van der Waals surface area contributed by atoms with E-state index in [-0.39, 0.29) is 5.82 Å². The molecular formula is C19H29FN6S2. The molecule has 0 unspecified atom stereocenters. The highest BCUT2D eigenvalue weighted by Crippen LogP contribution is 2.08. The fourth-order valence-electron chi connectivity index (χ4n) is 2.35. The van der Waals surface area contributed by atoms with Crippen LogP contribution in [0.15, 0.2) is 44.7 Å². The largest absolute Gasteiger partial charge is 0.351 e. The van der Waals surface area contributed by atoms with Crippen LogP contribution in [0.2, 0.25) is 0 Å². The maximum Gasteiger partial charge on any atom is 0.182 e. The smallest absolute Gasteiger partial charge is 0.182 e. The predicted molar refractivity (Wildman–Crippen MR) is 125 cm³/mol. The van der Waals surface area contributed by atoms with Crippen molar-refractivity contribution in [3.05, 3.63) is 35.6 Å². The summed E-state index contributed by atoms with van der Waals surface area (Å²) in [7, 11) is 0. The van der Waals surface area contributed by atoms with Gasteiger partial charge in [-0.2, -0.15) is 5.10 Å². The van der Waals surface area contributed by atoms with Crippen LogP contribution in [0.1, 0.15) is 40.2 Å². The van der Waals surface area contributed by atoms with Crippen molar-refractivity contribution < 1.29 is 4.39 Å². The van der Waals surface area contributed by atoms with Crippen molar-refractivity contribution in [3.63, 3.8) is 0 Å². The van der Waals surface area contributed by atoms with Gasteiger partial charge in [0.15, 0.2) is 10.3 Å². The Balaban J connectivity index is 3.32. The van der Waals surface area contributed by atoms with Crippen LogP contribution < -0.4 is 0 Å². The van der Waals surface area contributed by atoms with Gasteiger partial charge in [-0.05, 0) is 58.9 Å². The maximum atomic E-state index is 13.3. The molecule has 0 saturated heterocycles. The first kappa shape index (κ1) is 24.2. The first-order valence-electron chi connectivity index (χ1n) is 9.29. The highest BCUT2D eigenvalue weighted by atomic mass is 32.1. The summed E-state index contributed by atoms with van der Waals surface area (Å²) in [6.45, 7) is 13.0. The molecular weight excluding hydrogens is 395 g/mol. The molecule has 28 heavy (non-hydrogen) atoms. The molecule has 0 heterocycles. The van der Waals surface area contributed by atoms with Crippen molar-refractivity contribution in [2.45, 2.75) is 34.6 Å². The summed E-state index contributed by atoms with van der Waals surface area (Å²) in [5.41, 5.74) is 1.71. The first-order valence-corrected chi connectivity index (χ1v) is 10.2. The van der Waals surface area contributed by atoms with Gasteiger partial charge < -0.3 is 9.80 Å². The van der Waals surface area contributed by atoms with Gasteiger partial charge in [0.1, 0.15) is 11.5 Å². The lowest BCUT2D eigenvalue weighted by Gasteiger charge is -2.18. The van der Waals surface area contributed by atoms with Crippen molar-refractivity contribution >= 4 is 47.0 Å². The number of hydrogen-bond acceptors (Lipinski definition) is 4. The van der Waals surface area contributed by atoms with Crippen LogP contribution >= 0.6 is 25.3 Å². The summed E-state index contributed by atoms with van der Waals surface area (Å²) >= 11 is 8.82. The summed E-state index contributed by atoms with van der Waals surface area (Å²) < 4.78 is 13.3. The summed E-state index contributed by atoms with van der Waals surface area (Å²) in [4.78, 5) is 3.94. The lowest BCUT2D eigenvalue weighted by Crippen LogP contribution is -2.27. The Morgan fingerprint density at radius 3 is 1.64 bits per heavy atom. The van der Waals surface area contributed by atoms with Crippen molar-refractivity contribution in [2.24, 2.45) is 20.4 Å². The van der Waals surface area contributed by atoms with E-state index < -0.39 is 0 Å². The molecule has 0 aliphatic rings. The van der Waals surface area contributed by atoms with Gasteiger partial charge in [0.05, 0.1) is 5.71 Å². The Hall–Kier alpha value is -1.87. The van der Waals surface area contributed by atoms with Crippen molar-refractivity contribution in [3.8, 4) is 0 Å². The van der Waals surface area contributed by atoms with Gasteiger partial charge in [-0.3, -0.25) is 0 Å². The van der Waals surface area contributed by atoms with E-state index in [2.05, 4.69) is 45.7 Å². The van der Waals surface area contributed by atoms with Crippen molar-refractivity contribution in [1.29, 1.82) is 0 Å². The van der Waals surface area contributed by atoms with Gasteiger partial charge in [0.25, 0.3) is 0 Å². The molecule has 0 spiro atoms. The SMILES string of the molecule is CCN(CC)/C(S)=N/N=C(C)/C(=N/N=C(\S)N(CC)CC)c1ccc(F)cc1. The maximum absolute atomic E-state index is 13.3. The van der Waals surface area contributed by atoms with Gasteiger partial charge in [-0.25, -0.2) is 4.39 Å². The van der Waals surface area contributed by atoms with E-state index in [9.17, 15) is 4.39 Å². The number of amidine groups is 2. The number of benzene rings is 1. The quantitative estimate of drug-likeness (QED) is 0.285. The second kappa shape index (κ2) is 12.6. The lowest BCUT2D eigenvalue weighted by molar-refractivity contribution is 0.473. The predicted octanol–water partition coefficient (Wildman–Crippen LogP) is 4.16. The molecule has 0 atom stereocenters. The van der Waals surface area contributed by atoms with Gasteiger partial charge >= 0.3 is 0 Å². The zero-order valence-corrected chi connectivity index (χ0v) is 18.9. The third-order valence-electron chi connectivity index (χ3n) is 4.08. The van der Waals surface area contributed by atoms with Gasteiger partial charge in [-0.1, -0.05) is 0 Å². The standard InChI is InChI=1S/C19H29FN6S2/c1-6-25(7-2)18(27)23-21-14(5)17(15-10-12-16(20)13-11-15)22-24-19(28)26(8-3)9-4/h10-13H,6-9H2,1-5H3,(H,23,27)(H,24,28)/b21-14+,22-17-. The van der Waals surface area contributed by atoms with Crippen LogP contribution in [0.5, 0.6) is 0 Å². The Morgan fingerprint density at radius 1 is 0.786 bits per heavy atom. The van der Waals surface area contributed by atoms with E-state index in [0.717, 1.165) is 26.2 Å². The zero-order valence-electron chi connectivity index (χ0n) is 17.1. The van der Waals surface area contributed by atoms with E-state index in [4.69, 9.17) is 0 Å². The van der Waals surface area contributed by atoms with Crippen LogP contribution in [-0.2, 0) is 0 Å². The summed E-state index contributed by atoms with van der Waals surface area (Å²) in [5, 5.41) is 18.0. The second-order valence-electron chi connectivity index (χ2n) is 5.79. The molecule has 154 valence electrons. The molecule has 0 N–H and O–H groups in total. The molecule has 0 amide bonds. The van der Waals surface area contributed by atoms with E-state index in [1.54, 1.807) is 19.1 Å². The molecule has 0 bridgehead atoms. The zero-order chi connectivity index (χ0) is 21.1. The fourth-order valence-corrected chi connectivity index (χ4v) is 3.00. The van der Waals surface area contributed by atoms with Crippen LogP contribution in [-0.4, -0.2) is 57.7 Å². The summed E-state index contributed by atoms with van der Waals surface area (Å²) in [5.74, 6) is -0.323. The van der Waals surface area contributed by atoms with E-state index in [0.29, 0.717) is 27.3 Å². The van der Waals surface area contributed by atoms with Gasteiger partial charge in [0.2, 0.25) is 0 Å². The third-order valence-corrected chi connectivity index (χ3v) is 4.83. The molecule has 0 saturated carbocycles. The molecule has 9 heteroatoms. The van der Waals surface area contributed by atoms with E-state index in [1.165, 1.54) is 12.1 Å². The number of thiol groups is 2. The topological polar surface area (TPSA) is 55.9 Å². The number of hydrogen-bond donors (Lipinski definition) is 2. The minimum atomic E-state index is -0.323. The van der Waals surface area contributed by atoms with Gasteiger partial charge in [0, 0.05) is 31.7 Å². The normalized spacial score (nSPS) is 13.7. The molecule has 0 radical (unpaired) electrons. The average Bonchev–Trinajstić information content (AvgIpc) is 2.69. The number of nitrogens with zero attached hydrogens (tertiary/aromatic N) is 6. The highest BCUT2D eigenvalue weighted by molar-refractivity contribution is 7.97. The summed E-state index contributed by atoms with van der Waals surface area (Å²) in [6, 6.07) is 6.01. The molecule has 1 rings (SSSR count). The second-order valence-corrected chi connectivity index (χ2v) is 6.59. The van der Waals surface area contributed by atoms with Gasteiger partial charge in [-0.15, -0.1) is 40.6 Å². The van der Waals surface area contributed by atoms with Crippen LogP contribution in [0.4, 0.5) is 4.39 Å². The lowest BCUT2D eigenvalue weighted by atomic mass is 10.1. The van der Waals surface area contributed by atoms with Crippen LogP contribution in [0, 0.1) is 5.82 Å². The molecule has 0 fully saturated rings. The number of halogens is 1. The van der Waals surface area contributed by atoms with E-state index >= 15 is 0 Å². The molecule has 0 aliphatic heterocycles. The van der Waals surface area contributed by atoms with Crippen molar-refractivity contribution in [1.82, 2.24) is 9.80 Å². The minimum Gasteiger partial charge on any atom is -0.351 e. The highest BCUT2D eigenvalue weighted by Gasteiger charge is 2.10. The Morgan fingerprint density at radius 2 is 1.21 bits per heavy atom. The van der Waals surface area contributed by atoms with Crippen LogP contribution in [0.25, 0.3) is 0 Å². The first-order chi connectivity index (χ1) is 13.4. The molecule has 1 aromatic rings. The Labute approximate surface area is 178 Å². The molecule has 6 nitrogen and oxygen atoms in total. The molecule has 1 aromatic carbocycles. The minimum absolute atomic E-state index is 0.323. The number of rotatable bonds is 8. The Kier molecular flexibility index (Phi) is 10.8. The van der Waals surface area contributed by atoms with E-state index in [1.807, 2.05) is 37.5 Å². The monoisotopic (exact) mass is 424 g/mol. The molecule has 0 aliphatic carbocycles. The fraction of sp³-hybridized carbons (Fsp3) is 0.474. The molecule has 0 aromatic heterocycles. The average molecular weight is 425 g/mol. The van der Waals surface area contributed by atoms with Crippen molar-refractivity contribution in [2.75, 3.05) is 26.2 Å². The third kappa shape index (κ3) is 7.27.